The van der Waals surface area contributed by atoms with Gasteiger partial charge in [0.15, 0.2) is 11.5 Å². The van der Waals surface area contributed by atoms with E-state index in [0.29, 0.717) is 35.8 Å². The normalized spacial score (nSPS) is 10.4. The Morgan fingerprint density at radius 2 is 1.88 bits per heavy atom. The second kappa shape index (κ2) is 9.67. The fourth-order valence-corrected chi connectivity index (χ4v) is 2.28. The molecule has 0 atom stereocenters. The Morgan fingerprint density at radius 1 is 1.08 bits per heavy atom. The van der Waals surface area contributed by atoms with Gasteiger partial charge < -0.3 is 14.8 Å². The van der Waals surface area contributed by atoms with Crippen LogP contribution in [0.1, 0.15) is 42.6 Å². The first-order chi connectivity index (χ1) is 12.2. The van der Waals surface area contributed by atoms with Crippen LogP contribution in [0.15, 0.2) is 42.5 Å². The summed E-state index contributed by atoms with van der Waals surface area (Å²) in [4.78, 5) is 12.3. The molecule has 1 N–H and O–H groups in total. The van der Waals surface area contributed by atoms with Crippen LogP contribution in [0.2, 0.25) is 0 Å². The molecule has 0 aliphatic carbocycles. The lowest BCUT2D eigenvalue weighted by Crippen LogP contribution is -2.23. The van der Waals surface area contributed by atoms with Gasteiger partial charge in [-0.2, -0.15) is 0 Å². The Morgan fingerprint density at radius 3 is 2.60 bits per heavy atom. The van der Waals surface area contributed by atoms with Crippen LogP contribution in [0.4, 0.5) is 4.39 Å². The van der Waals surface area contributed by atoms with Crippen LogP contribution in [-0.2, 0) is 6.54 Å². The standard InChI is InChI=1S/C20H24FNO3/c1-3-5-12-25-18-11-10-15(13-19(18)24-4-2)20(23)22-14-16-8-6-7-9-17(16)21/h6-11,13H,3-5,12,14H2,1-2H3,(H,22,23). The van der Waals surface area contributed by atoms with E-state index in [4.69, 9.17) is 9.47 Å². The molecule has 5 heteroatoms. The average molecular weight is 345 g/mol. The number of carbonyl (C=O) groups excluding carboxylic acids is 1. The fourth-order valence-electron chi connectivity index (χ4n) is 2.28. The van der Waals surface area contributed by atoms with Crippen LogP contribution in [0.3, 0.4) is 0 Å². The zero-order valence-corrected chi connectivity index (χ0v) is 14.7. The second-order valence-electron chi connectivity index (χ2n) is 5.57. The minimum absolute atomic E-state index is 0.129. The Balaban J connectivity index is 2.05. The molecule has 0 aromatic heterocycles. The maximum Gasteiger partial charge on any atom is 0.251 e. The summed E-state index contributed by atoms with van der Waals surface area (Å²) in [5.74, 6) is 0.542. The van der Waals surface area contributed by atoms with E-state index < -0.39 is 0 Å². The van der Waals surface area contributed by atoms with Crippen molar-refractivity contribution in [3.63, 3.8) is 0 Å². The lowest BCUT2D eigenvalue weighted by Gasteiger charge is -2.13. The van der Waals surface area contributed by atoms with Gasteiger partial charge in [-0.1, -0.05) is 31.5 Å². The lowest BCUT2D eigenvalue weighted by molar-refractivity contribution is 0.0950. The minimum atomic E-state index is -0.336. The van der Waals surface area contributed by atoms with Crippen molar-refractivity contribution in [1.82, 2.24) is 5.32 Å². The van der Waals surface area contributed by atoms with E-state index in [1.807, 2.05) is 6.92 Å². The molecule has 4 nitrogen and oxygen atoms in total. The Hall–Kier alpha value is -2.56. The first-order valence-corrected chi connectivity index (χ1v) is 8.57. The number of unbranched alkanes of at least 4 members (excludes halogenated alkanes) is 1. The van der Waals surface area contributed by atoms with E-state index in [0.717, 1.165) is 12.8 Å². The fraction of sp³-hybridized carbons (Fsp3) is 0.350. The third kappa shape index (κ3) is 5.48. The summed E-state index contributed by atoms with van der Waals surface area (Å²) >= 11 is 0. The van der Waals surface area contributed by atoms with Gasteiger partial charge >= 0.3 is 0 Å². The van der Waals surface area contributed by atoms with Crippen molar-refractivity contribution in [2.75, 3.05) is 13.2 Å². The minimum Gasteiger partial charge on any atom is -0.490 e. The maximum absolute atomic E-state index is 13.6. The molecular weight excluding hydrogens is 321 g/mol. The summed E-state index contributed by atoms with van der Waals surface area (Å²) in [6.07, 6.45) is 2.00. The van der Waals surface area contributed by atoms with Crippen molar-refractivity contribution >= 4 is 5.91 Å². The Labute approximate surface area is 148 Å². The predicted octanol–water partition coefficient (Wildman–Crippen LogP) is 4.33. The number of hydrogen-bond donors (Lipinski definition) is 1. The number of ether oxygens (including phenoxy) is 2. The number of hydrogen-bond acceptors (Lipinski definition) is 3. The molecule has 2 aromatic carbocycles. The summed E-state index contributed by atoms with van der Waals surface area (Å²) < 4.78 is 24.9. The van der Waals surface area contributed by atoms with Crippen molar-refractivity contribution in [3.05, 3.63) is 59.4 Å². The molecule has 0 fully saturated rings. The van der Waals surface area contributed by atoms with E-state index in [1.54, 1.807) is 36.4 Å². The topological polar surface area (TPSA) is 47.6 Å². The van der Waals surface area contributed by atoms with Gasteiger partial charge in [0.2, 0.25) is 0 Å². The molecule has 0 bridgehead atoms. The number of nitrogens with one attached hydrogen (secondary N) is 1. The molecule has 0 aliphatic heterocycles. The molecule has 0 heterocycles. The largest absolute Gasteiger partial charge is 0.490 e. The third-order valence-corrected chi connectivity index (χ3v) is 3.66. The number of carbonyl (C=O) groups is 1. The van der Waals surface area contributed by atoms with Gasteiger partial charge in [0.1, 0.15) is 5.82 Å². The van der Waals surface area contributed by atoms with Crippen molar-refractivity contribution in [3.8, 4) is 11.5 Å². The Bertz CT molecular complexity index is 703. The second-order valence-corrected chi connectivity index (χ2v) is 5.57. The molecular formula is C20H24FNO3. The SMILES string of the molecule is CCCCOc1ccc(C(=O)NCc2ccccc2F)cc1OCC. The predicted molar refractivity (Wildman–Crippen MR) is 95.6 cm³/mol. The Kier molecular flexibility index (Phi) is 7.26. The first-order valence-electron chi connectivity index (χ1n) is 8.57. The highest BCUT2D eigenvalue weighted by Crippen LogP contribution is 2.28. The summed E-state index contributed by atoms with van der Waals surface area (Å²) in [5, 5.41) is 2.72. The van der Waals surface area contributed by atoms with Gasteiger partial charge in [0.05, 0.1) is 13.2 Å². The van der Waals surface area contributed by atoms with Gasteiger partial charge in [-0.15, -0.1) is 0 Å². The smallest absolute Gasteiger partial charge is 0.251 e. The quantitative estimate of drug-likeness (QED) is 0.688. The zero-order chi connectivity index (χ0) is 18.1. The van der Waals surface area contributed by atoms with Crippen molar-refractivity contribution in [2.45, 2.75) is 33.2 Å². The molecule has 2 aromatic rings. The van der Waals surface area contributed by atoms with Crippen molar-refractivity contribution in [1.29, 1.82) is 0 Å². The molecule has 1 amide bonds. The average Bonchev–Trinajstić information content (AvgIpc) is 2.62. The number of benzene rings is 2. The van der Waals surface area contributed by atoms with Crippen LogP contribution < -0.4 is 14.8 Å². The van der Waals surface area contributed by atoms with Gasteiger partial charge in [0, 0.05) is 17.7 Å². The number of halogens is 1. The highest BCUT2D eigenvalue weighted by Gasteiger charge is 2.12. The van der Waals surface area contributed by atoms with E-state index in [2.05, 4.69) is 12.2 Å². The van der Waals surface area contributed by atoms with E-state index >= 15 is 0 Å². The van der Waals surface area contributed by atoms with E-state index in [9.17, 15) is 9.18 Å². The molecule has 0 saturated carbocycles. The molecule has 0 aliphatic rings. The molecule has 0 saturated heterocycles. The zero-order valence-electron chi connectivity index (χ0n) is 14.7. The van der Waals surface area contributed by atoms with Crippen LogP contribution in [-0.4, -0.2) is 19.1 Å². The van der Waals surface area contributed by atoms with E-state index in [-0.39, 0.29) is 18.3 Å². The highest BCUT2D eigenvalue weighted by atomic mass is 19.1. The highest BCUT2D eigenvalue weighted by molar-refractivity contribution is 5.94. The van der Waals surface area contributed by atoms with Gasteiger partial charge in [0.25, 0.3) is 5.91 Å². The maximum atomic E-state index is 13.6. The van der Waals surface area contributed by atoms with Crippen LogP contribution in [0, 0.1) is 5.82 Å². The summed E-state index contributed by atoms with van der Waals surface area (Å²) in [7, 11) is 0. The lowest BCUT2D eigenvalue weighted by atomic mass is 10.1. The molecule has 134 valence electrons. The van der Waals surface area contributed by atoms with E-state index in [1.165, 1.54) is 6.07 Å². The number of amides is 1. The summed E-state index contributed by atoms with van der Waals surface area (Å²) in [6.45, 7) is 5.18. The molecule has 2 rings (SSSR count). The third-order valence-electron chi connectivity index (χ3n) is 3.66. The number of rotatable bonds is 9. The monoisotopic (exact) mass is 345 g/mol. The molecule has 0 radical (unpaired) electrons. The summed E-state index contributed by atoms with van der Waals surface area (Å²) in [5.41, 5.74) is 0.892. The molecule has 25 heavy (non-hydrogen) atoms. The van der Waals surface area contributed by atoms with Gasteiger partial charge in [-0.3, -0.25) is 4.79 Å². The van der Waals surface area contributed by atoms with Crippen molar-refractivity contribution < 1.29 is 18.7 Å². The van der Waals surface area contributed by atoms with Crippen molar-refractivity contribution in [2.24, 2.45) is 0 Å². The van der Waals surface area contributed by atoms with Crippen LogP contribution in [0.25, 0.3) is 0 Å². The van der Waals surface area contributed by atoms with Gasteiger partial charge in [-0.05, 0) is 37.6 Å². The summed E-state index contributed by atoms with van der Waals surface area (Å²) in [6, 6.07) is 11.4. The van der Waals surface area contributed by atoms with Crippen LogP contribution >= 0.6 is 0 Å². The first kappa shape index (κ1) is 18.8. The van der Waals surface area contributed by atoms with Gasteiger partial charge in [-0.25, -0.2) is 4.39 Å². The molecule has 0 unspecified atom stereocenters. The molecule has 0 spiro atoms. The van der Waals surface area contributed by atoms with Crippen LogP contribution in [0.5, 0.6) is 11.5 Å².